The summed E-state index contributed by atoms with van der Waals surface area (Å²) >= 11 is 0. The lowest BCUT2D eigenvalue weighted by molar-refractivity contribution is 0.418. The quantitative estimate of drug-likeness (QED) is 0.900. The fourth-order valence-corrected chi connectivity index (χ4v) is 3.39. The van der Waals surface area contributed by atoms with Crippen LogP contribution >= 0.6 is 0 Å². The first-order valence-electron chi connectivity index (χ1n) is 7.31. The summed E-state index contributed by atoms with van der Waals surface area (Å²) in [5.41, 5.74) is 1.84. The van der Waals surface area contributed by atoms with Crippen LogP contribution in [-0.2, 0) is 0 Å². The second-order valence-electron chi connectivity index (χ2n) is 6.47. The second kappa shape index (κ2) is 4.78. The Labute approximate surface area is 121 Å². The summed E-state index contributed by atoms with van der Waals surface area (Å²) in [5, 5.41) is 6.02. The molecule has 2 heteroatoms. The Hall–Kier alpha value is -1.54. The van der Waals surface area contributed by atoms with Crippen LogP contribution in [0.25, 0.3) is 10.8 Å². The third-order valence-corrected chi connectivity index (χ3v) is 4.78. The van der Waals surface area contributed by atoms with Gasteiger partial charge in [0.2, 0.25) is 0 Å². The normalized spacial score (nSPS) is 21.7. The first-order valence-corrected chi connectivity index (χ1v) is 7.31. The Balaban J connectivity index is 2.12. The van der Waals surface area contributed by atoms with E-state index < -0.39 is 0 Å². The molecular formula is C18H23NO. The summed E-state index contributed by atoms with van der Waals surface area (Å²) < 4.78 is 5.49. The highest BCUT2D eigenvalue weighted by Crippen LogP contribution is 2.58. The van der Waals surface area contributed by atoms with Crippen molar-refractivity contribution in [1.29, 1.82) is 0 Å². The molecule has 0 saturated heterocycles. The molecule has 1 aliphatic rings. The summed E-state index contributed by atoms with van der Waals surface area (Å²) in [7, 11) is 3.80. The van der Waals surface area contributed by atoms with E-state index in [9.17, 15) is 0 Å². The molecule has 2 aromatic carbocycles. The van der Waals surface area contributed by atoms with Crippen molar-refractivity contribution in [2.24, 2.45) is 11.3 Å². The van der Waals surface area contributed by atoms with Crippen molar-refractivity contribution in [2.75, 3.05) is 14.2 Å². The number of rotatable bonds is 4. The molecule has 2 unspecified atom stereocenters. The van der Waals surface area contributed by atoms with E-state index in [1.165, 1.54) is 22.8 Å². The van der Waals surface area contributed by atoms with E-state index in [1.54, 1.807) is 7.11 Å². The highest BCUT2D eigenvalue weighted by atomic mass is 16.5. The molecule has 2 atom stereocenters. The topological polar surface area (TPSA) is 21.3 Å². The number of nitrogens with one attached hydrogen (secondary N) is 1. The standard InChI is InChI=1S/C18H23NO/c1-18(2)11-15(18)17(19-3)14-9-10-16(20-4)13-8-6-5-7-12(13)14/h5-10,15,17,19H,11H2,1-4H3. The van der Waals surface area contributed by atoms with Gasteiger partial charge >= 0.3 is 0 Å². The molecule has 0 aliphatic heterocycles. The largest absolute Gasteiger partial charge is 0.496 e. The first-order chi connectivity index (χ1) is 9.58. The molecular weight excluding hydrogens is 246 g/mol. The minimum atomic E-state index is 0.417. The van der Waals surface area contributed by atoms with E-state index in [2.05, 4.69) is 62.6 Å². The van der Waals surface area contributed by atoms with Gasteiger partial charge < -0.3 is 10.1 Å². The minimum absolute atomic E-state index is 0.417. The highest BCUT2D eigenvalue weighted by molar-refractivity contribution is 5.91. The van der Waals surface area contributed by atoms with E-state index in [1.807, 2.05) is 0 Å². The fraction of sp³-hybridized carbons (Fsp3) is 0.444. The van der Waals surface area contributed by atoms with Crippen molar-refractivity contribution in [3.63, 3.8) is 0 Å². The maximum atomic E-state index is 5.49. The molecule has 0 bridgehead atoms. The molecule has 2 aromatic rings. The third-order valence-electron chi connectivity index (χ3n) is 4.78. The van der Waals surface area contributed by atoms with E-state index in [-0.39, 0.29) is 0 Å². The minimum Gasteiger partial charge on any atom is -0.496 e. The molecule has 0 heterocycles. The Morgan fingerprint density at radius 3 is 2.35 bits per heavy atom. The number of hydrogen-bond acceptors (Lipinski definition) is 2. The predicted octanol–water partition coefficient (Wildman–Crippen LogP) is 4.16. The maximum absolute atomic E-state index is 5.49. The zero-order valence-corrected chi connectivity index (χ0v) is 12.7. The molecule has 1 N–H and O–H groups in total. The van der Waals surface area contributed by atoms with Gasteiger partial charge in [0.25, 0.3) is 0 Å². The van der Waals surface area contributed by atoms with Crippen LogP contribution < -0.4 is 10.1 Å². The highest BCUT2D eigenvalue weighted by Gasteiger charge is 2.50. The molecule has 106 valence electrons. The van der Waals surface area contributed by atoms with Crippen LogP contribution in [0.4, 0.5) is 0 Å². The molecule has 0 aromatic heterocycles. The van der Waals surface area contributed by atoms with Crippen molar-refractivity contribution in [1.82, 2.24) is 5.32 Å². The van der Waals surface area contributed by atoms with Crippen LogP contribution in [0.5, 0.6) is 5.75 Å². The van der Waals surface area contributed by atoms with Crippen molar-refractivity contribution in [3.8, 4) is 5.75 Å². The molecule has 0 amide bonds. The average Bonchev–Trinajstić information content (AvgIpc) is 3.08. The molecule has 1 fully saturated rings. The summed E-state index contributed by atoms with van der Waals surface area (Å²) in [6.45, 7) is 4.71. The lowest BCUT2D eigenvalue weighted by Gasteiger charge is -2.21. The lowest BCUT2D eigenvalue weighted by Crippen LogP contribution is -2.20. The van der Waals surface area contributed by atoms with Crippen molar-refractivity contribution >= 4 is 10.8 Å². The summed E-state index contributed by atoms with van der Waals surface area (Å²) in [6.07, 6.45) is 1.29. The van der Waals surface area contributed by atoms with Crippen LogP contribution in [0.1, 0.15) is 31.9 Å². The van der Waals surface area contributed by atoms with Gasteiger partial charge in [-0.2, -0.15) is 0 Å². The number of methoxy groups -OCH3 is 1. The van der Waals surface area contributed by atoms with Crippen LogP contribution in [0.15, 0.2) is 36.4 Å². The average molecular weight is 269 g/mol. The lowest BCUT2D eigenvalue weighted by atomic mass is 9.92. The van der Waals surface area contributed by atoms with Crippen molar-refractivity contribution < 1.29 is 4.74 Å². The molecule has 0 spiro atoms. The number of benzene rings is 2. The van der Waals surface area contributed by atoms with Crippen LogP contribution in [0.2, 0.25) is 0 Å². The zero-order valence-electron chi connectivity index (χ0n) is 12.7. The number of hydrogen-bond donors (Lipinski definition) is 1. The molecule has 20 heavy (non-hydrogen) atoms. The second-order valence-corrected chi connectivity index (χ2v) is 6.47. The summed E-state index contributed by atoms with van der Waals surface area (Å²) in [4.78, 5) is 0. The van der Waals surface area contributed by atoms with Gasteiger partial charge in [-0.25, -0.2) is 0 Å². The Morgan fingerprint density at radius 2 is 1.80 bits per heavy atom. The van der Waals surface area contributed by atoms with Gasteiger partial charge in [-0.05, 0) is 41.8 Å². The number of fused-ring (bicyclic) bond motifs is 1. The molecule has 3 rings (SSSR count). The summed E-state index contributed by atoms with van der Waals surface area (Å²) in [6, 6.07) is 13.3. The van der Waals surface area contributed by atoms with Crippen LogP contribution in [-0.4, -0.2) is 14.2 Å². The Morgan fingerprint density at radius 1 is 1.15 bits per heavy atom. The summed E-state index contributed by atoms with van der Waals surface area (Å²) in [5.74, 6) is 1.67. The number of ether oxygens (including phenoxy) is 1. The molecule has 1 saturated carbocycles. The van der Waals surface area contributed by atoms with Gasteiger partial charge in [0.05, 0.1) is 7.11 Å². The first kappa shape index (κ1) is 13.4. The van der Waals surface area contributed by atoms with E-state index in [0.717, 1.165) is 5.75 Å². The predicted molar refractivity (Wildman–Crippen MR) is 84.2 cm³/mol. The molecule has 1 aliphatic carbocycles. The van der Waals surface area contributed by atoms with Crippen molar-refractivity contribution in [2.45, 2.75) is 26.3 Å². The maximum Gasteiger partial charge on any atom is 0.126 e. The van der Waals surface area contributed by atoms with Crippen LogP contribution in [0.3, 0.4) is 0 Å². The van der Waals surface area contributed by atoms with E-state index in [4.69, 9.17) is 4.74 Å². The van der Waals surface area contributed by atoms with Gasteiger partial charge in [0.15, 0.2) is 0 Å². The van der Waals surface area contributed by atoms with Crippen molar-refractivity contribution in [3.05, 3.63) is 42.0 Å². The van der Waals surface area contributed by atoms with E-state index >= 15 is 0 Å². The Kier molecular flexibility index (Phi) is 3.21. The van der Waals surface area contributed by atoms with Gasteiger partial charge in [0, 0.05) is 11.4 Å². The van der Waals surface area contributed by atoms with Gasteiger partial charge in [-0.3, -0.25) is 0 Å². The Bertz CT molecular complexity index is 632. The monoisotopic (exact) mass is 269 g/mol. The fourth-order valence-electron chi connectivity index (χ4n) is 3.39. The molecule has 2 nitrogen and oxygen atoms in total. The SMILES string of the molecule is CNC(c1ccc(OC)c2ccccc12)C1CC1(C)C. The van der Waals surface area contributed by atoms with Gasteiger partial charge in [0.1, 0.15) is 5.75 Å². The smallest absolute Gasteiger partial charge is 0.126 e. The van der Waals surface area contributed by atoms with Crippen LogP contribution in [0, 0.1) is 11.3 Å². The molecule has 0 radical (unpaired) electrons. The third kappa shape index (κ3) is 2.08. The van der Waals surface area contributed by atoms with Gasteiger partial charge in [-0.1, -0.05) is 44.2 Å². The van der Waals surface area contributed by atoms with Gasteiger partial charge in [-0.15, -0.1) is 0 Å². The zero-order chi connectivity index (χ0) is 14.3. The van der Waals surface area contributed by atoms with E-state index in [0.29, 0.717) is 17.4 Å².